The van der Waals surface area contributed by atoms with Crippen molar-refractivity contribution in [3.05, 3.63) is 28.7 Å². The van der Waals surface area contributed by atoms with Gasteiger partial charge in [0.15, 0.2) is 5.82 Å². The number of nitrogens with zero attached hydrogens (tertiary/aromatic N) is 5. The van der Waals surface area contributed by atoms with Gasteiger partial charge in [0.05, 0.1) is 6.54 Å². The molecule has 0 atom stereocenters. The van der Waals surface area contributed by atoms with Crippen molar-refractivity contribution in [3.8, 4) is 0 Å². The lowest BCUT2D eigenvalue weighted by Crippen LogP contribution is -2.10. The number of anilines is 1. The standard InChI is InChI=1S/C12H15ClN6/c1-7-15-10(13)5-11(16-7)14-6-12-18-17-8(2)19(12)9-3-4-9/h5,9H,3-4,6H2,1-2H3,(H,14,15,16). The third-order valence-corrected chi connectivity index (χ3v) is 3.28. The third kappa shape index (κ3) is 2.68. The van der Waals surface area contributed by atoms with Gasteiger partial charge in [0.1, 0.15) is 22.6 Å². The van der Waals surface area contributed by atoms with Crippen molar-refractivity contribution in [2.45, 2.75) is 39.3 Å². The maximum Gasteiger partial charge on any atom is 0.152 e. The van der Waals surface area contributed by atoms with Crippen molar-refractivity contribution in [1.82, 2.24) is 24.7 Å². The number of rotatable bonds is 4. The summed E-state index contributed by atoms with van der Waals surface area (Å²) in [5, 5.41) is 12.0. The lowest BCUT2D eigenvalue weighted by molar-refractivity contribution is 0.669. The molecule has 1 aliphatic carbocycles. The Labute approximate surface area is 116 Å². The lowest BCUT2D eigenvalue weighted by atomic mass is 10.4. The molecule has 0 amide bonds. The van der Waals surface area contributed by atoms with E-state index in [0.717, 1.165) is 11.6 Å². The second-order valence-corrected chi connectivity index (χ2v) is 5.13. The molecule has 1 saturated carbocycles. The highest BCUT2D eigenvalue weighted by molar-refractivity contribution is 6.29. The fourth-order valence-corrected chi connectivity index (χ4v) is 2.36. The highest BCUT2D eigenvalue weighted by Crippen LogP contribution is 2.36. The van der Waals surface area contributed by atoms with Crippen molar-refractivity contribution in [2.24, 2.45) is 0 Å². The second-order valence-electron chi connectivity index (χ2n) is 4.74. The highest BCUT2D eigenvalue weighted by atomic mass is 35.5. The van der Waals surface area contributed by atoms with Crippen molar-refractivity contribution in [3.63, 3.8) is 0 Å². The van der Waals surface area contributed by atoms with Gasteiger partial charge in [0.2, 0.25) is 0 Å². The largest absolute Gasteiger partial charge is 0.363 e. The van der Waals surface area contributed by atoms with Crippen LogP contribution in [0.3, 0.4) is 0 Å². The topological polar surface area (TPSA) is 68.5 Å². The summed E-state index contributed by atoms with van der Waals surface area (Å²) >= 11 is 5.90. The summed E-state index contributed by atoms with van der Waals surface area (Å²) in [5.74, 6) is 3.26. The molecule has 2 aromatic rings. The van der Waals surface area contributed by atoms with Crippen molar-refractivity contribution in [1.29, 1.82) is 0 Å². The second kappa shape index (κ2) is 4.77. The summed E-state index contributed by atoms with van der Waals surface area (Å²) in [4.78, 5) is 8.31. The van der Waals surface area contributed by atoms with Crippen molar-refractivity contribution < 1.29 is 0 Å². The normalized spacial score (nSPS) is 14.7. The Morgan fingerprint density at radius 3 is 2.79 bits per heavy atom. The zero-order chi connectivity index (χ0) is 13.4. The zero-order valence-corrected chi connectivity index (χ0v) is 11.6. The molecule has 1 aliphatic rings. The molecule has 6 nitrogen and oxygen atoms in total. The van der Waals surface area contributed by atoms with Crippen LogP contribution in [-0.4, -0.2) is 24.7 Å². The number of hydrogen-bond donors (Lipinski definition) is 1. The van der Waals surface area contributed by atoms with E-state index in [-0.39, 0.29) is 0 Å². The van der Waals surface area contributed by atoms with Gasteiger partial charge in [-0.3, -0.25) is 0 Å². The molecule has 1 fully saturated rings. The molecule has 2 aromatic heterocycles. The first-order valence-corrected chi connectivity index (χ1v) is 6.66. The fraction of sp³-hybridized carbons (Fsp3) is 0.500. The summed E-state index contributed by atoms with van der Waals surface area (Å²) in [6.07, 6.45) is 2.43. The van der Waals surface area contributed by atoms with E-state index >= 15 is 0 Å². The van der Waals surface area contributed by atoms with Gasteiger partial charge in [-0.25, -0.2) is 9.97 Å². The van der Waals surface area contributed by atoms with E-state index in [1.165, 1.54) is 12.8 Å². The summed E-state index contributed by atoms with van der Waals surface area (Å²) in [7, 11) is 0. The molecule has 0 aliphatic heterocycles. The summed E-state index contributed by atoms with van der Waals surface area (Å²) in [6, 6.07) is 2.28. The Balaban J connectivity index is 1.75. The van der Waals surface area contributed by atoms with E-state index in [0.29, 0.717) is 29.4 Å². The summed E-state index contributed by atoms with van der Waals surface area (Å²) in [5.41, 5.74) is 0. The molecule has 0 aromatic carbocycles. The maximum atomic E-state index is 5.90. The van der Waals surface area contributed by atoms with Gasteiger partial charge in [-0.1, -0.05) is 11.6 Å². The van der Waals surface area contributed by atoms with Crippen LogP contribution in [0.1, 0.15) is 36.4 Å². The minimum Gasteiger partial charge on any atom is -0.363 e. The van der Waals surface area contributed by atoms with Crippen LogP contribution >= 0.6 is 11.6 Å². The number of hydrogen-bond acceptors (Lipinski definition) is 5. The molecule has 0 spiro atoms. The molecule has 0 bridgehead atoms. The Kier molecular flexibility index (Phi) is 3.10. The highest BCUT2D eigenvalue weighted by Gasteiger charge is 2.27. The van der Waals surface area contributed by atoms with Crippen LogP contribution in [0.2, 0.25) is 5.15 Å². The van der Waals surface area contributed by atoms with Gasteiger partial charge in [-0.05, 0) is 26.7 Å². The third-order valence-electron chi connectivity index (χ3n) is 3.08. The minimum absolute atomic E-state index is 0.440. The van der Waals surface area contributed by atoms with E-state index in [1.807, 2.05) is 13.8 Å². The van der Waals surface area contributed by atoms with Crippen molar-refractivity contribution >= 4 is 17.4 Å². The molecular formula is C12H15ClN6. The van der Waals surface area contributed by atoms with Crippen LogP contribution in [0.25, 0.3) is 0 Å². The first kappa shape index (κ1) is 12.3. The molecule has 1 N–H and O–H groups in total. The van der Waals surface area contributed by atoms with Gasteiger partial charge in [0.25, 0.3) is 0 Å². The summed E-state index contributed by atoms with van der Waals surface area (Å²) in [6.45, 7) is 4.39. The number of halogens is 1. The van der Waals surface area contributed by atoms with Crippen molar-refractivity contribution in [2.75, 3.05) is 5.32 Å². The molecule has 7 heteroatoms. The van der Waals surface area contributed by atoms with Gasteiger partial charge in [-0.15, -0.1) is 10.2 Å². The van der Waals surface area contributed by atoms with E-state index in [1.54, 1.807) is 6.07 Å². The molecule has 100 valence electrons. The maximum absolute atomic E-state index is 5.90. The average molecular weight is 279 g/mol. The van der Waals surface area contributed by atoms with Gasteiger partial charge in [0, 0.05) is 12.1 Å². The molecule has 3 rings (SSSR count). The first-order valence-electron chi connectivity index (χ1n) is 6.29. The minimum atomic E-state index is 0.440. The fourth-order valence-electron chi connectivity index (χ4n) is 2.13. The molecule has 19 heavy (non-hydrogen) atoms. The SMILES string of the molecule is Cc1nc(Cl)cc(NCc2nnc(C)n2C2CC2)n1. The van der Waals surface area contributed by atoms with Crippen LogP contribution in [0.5, 0.6) is 0 Å². The van der Waals surface area contributed by atoms with Crippen LogP contribution in [0, 0.1) is 13.8 Å². The molecule has 0 saturated heterocycles. The molecular weight excluding hydrogens is 264 g/mol. The number of nitrogens with one attached hydrogen (secondary N) is 1. The predicted molar refractivity (Wildman–Crippen MR) is 72.1 cm³/mol. The van der Waals surface area contributed by atoms with Gasteiger partial charge in [-0.2, -0.15) is 0 Å². The predicted octanol–water partition coefficient (Wildman–Crippen LogP) is 2.29. The number of aromatic nitrogens is 5. The molecule has 0 radical (unpaired) electrons. The smallest absolute Gasteiger partial charge is 0.152 e. The Hall–Kier alpha value is -1.69. The van der Waals surface area contributed by atoms with Crippen LogP contribution < -0.4 is 5.32 Å². The lowest BCUT2D eigenvalue weighted by Gasteiger charge is -2.09. The van der Waals surface area contributed by atoms with Crippen LogP contribution in [-0.2, 0) is 6.54 Å². The van der Waals surface area contributed by atoms with E-state index in [2.05, 4.69) is 30.0 Å². The molecule has 2 heterocycles. The summed E-state index contributed by atoms with van der Waals surface area (Å²) < 4.78 is 2.20. The first-order chi connectivity index (χ1) is 9.13. The Bertz CT molecular complexity index is 584. The van der Waals surface area contributed by atoms with Gasteiger partial charge < -0.3 is 9.88 Å². The Morgan fingerprint density at radius 1 is 1.32 bits per heavy atom. The zero-order valence-electron chi connectivity index (χ0n) is 10.9. The van der Waals surface area contributed by atoms with Crippen LogP contribution in [0.4, 0.5) is 5.82 Å². The Morgan fingerprint density at radius 2 is 2.11 bits per heavy atom. The van der Waals surface area contributed by atoms with E-state index < -0.39 is 0 Å². The van der Waals surface area contributed by atoms with Crippen LogP contribution in [0.15, 0.2) is 6.07 Å². The van der Waals surface area contributed by atoms with Gasteiger partial charge >= 0.3 is 0 Å². The molecule has 0 unspecified atom stereocenters. The number of aryl methyl sites for hydroxylation is 2. The quantitative estimate of drug-likeness (QED) is 0.869. The average Bonchev–Trinajstić information content (AvgIpc) is 3.10. The van der Waals surface area contributed by atoms with E-state index in [4.69, 9.17) is 11.6 Å². The van der Waals surface area contributed by atoms with E-state index in [9.17, 15) is 0 Å². The monoisotopic (exact) mass is 278 g/mol.